The number of benzene rings is 1. The van der Waals surface area contributed by atoms with Gasteiger partial charge in [0.2, 0.25) is 0 Å². The van der Waals surface area contributed by atoms with Crippen LogP contribution in [0.25, 0.3) is 6.08 Å². The number of carbonyl (C=O) groups excluding carboxylic acids is 1. The Labute approximate surface area is 124 Å². The maximum absolute atomic E-state index is 12.0. The highest BCUT2D eigenvalue weighted by molar-refractivity contribution is 9.10. The Kier molecular flexibility index (Phi) is 4.38. The average Bonchev–Trinajstić information content (AvgIpc) is 2.81. The molecule has 20 heavy (non-hydrogen) atoms. The summed E-state index contributed by atoms with van der Waals surface area (Å²) in [4.78, 5) is 12.0. The zero-order valence-corrected chi connectivity index (χ0v) is 12.3. The van der Waals surface area contributed by atoms with E-state index in [1.807, 2.05) is 31.2 Å². The number of aryl methyl sites for hydroxylation is 1. The number of nitriles is 1. The van der Waals surface area contributed by atoms with Crippen LogP contribution in [0.5, 0.6) is 0 Å². The van der Waals surface area contributed by atoms with Crippen LogP contribution >= 0.6 is 15.9 Å². The number of nitrogens with one attached hydrogen (secondary N) is 1. The predicted octanol–water partition coefficient (Wildman–Crippen LogP) is 3.90. The van der Waals surface area contributed by atoms with E-state index in [2.05, 4.69) is 21.2 Å². The van der Waals surface area contributed by atoms with Gasteiger partial charge in [-0.1, -0.05) is 12.1 Å². The lowest BCUT2D eigenvalue weighted by molar-refractivity contribution is -0.112. The molecule has 1 amide bonds. The van der Waals surface area contributed by atoms with Crippen molar-refractivity contribution in [3.63, 3.8) is 0 Å². The minimum Gasteiger partial charge on any atom is -0.450 e. The summed E-state index contributed by atoms with van der Waals surface area (Å²) in [5.74, 6) is -0.0292. The zero-order valence-electron chi connectivity index (χ0n) is 10.7. The van der Waals surface area contributed by atoms with Crippen LogP contribution in [0.2, 0.25) is 0 Å². The highest BCUT2D eigenvalue weighted by Gasteiger charge is 2.10. The van der Waals surface area contributed by atoms with Crippen molar-refractivity contribution in [2.75, 3.05) is 5.32 Å². The number of hydrogen-bond acceptors (Lipinski definition) is 3. The fraction of sp³-hybridized carbons (Fsp3) is 0.0667. The summed E-state index contributed by atoms with van der Waals surface area (Å²) in [5.41, 5.74) is 1.66. The molecule has 2 rings (SSSR count). The summed E-state index contributed by atoms with van der Waals surface area (Å²) in [5, 5.41) is 11.7. The molecule has 0 radical (unpaired) electrons. The van der Waals surface area contributed by atoms with Gasteiger partial charge < -0.3 is 9.73 Å². The van der Waals surface area contributed by atoms with Gasteiger partial charge in [-0.25, -0.2) is 0 Å². The van der Waals surface area contributed by atoms with Crippen molar-refractivity contribution in [2.45, 2.75) is 6.92 Å². The van der Waals surface area contributed by atoms with Crippen molar-refractivity contribution in [1.29, 1.82) is 5.26 Å². The second-order valence-electron chi connectivity index (χ2n) is 4.14. The van der Waals surface area contributed by atoms with Gasteiger partial charge in [0.15, 0.2) is 4.67 Å². The molecule has 0 bridgehead atoms. The molecule has 2 aromatic rings. The topological polar surface area (TPSA) is 66.0 Å². The van der Waals surface area contributed by atoms with Crippen LogP contribution in [0.15, 0.2) is 51.1 Å². The first-order valence-corrected chi connectivity index (χ1v) is 6.63. The molecule has 100 valence electrons. The van der Waals surface area contributed by atoms with Crippen LogP contribution in [0.3, 0.4) is 0 Å². The number of furan rings is 1. The van der Waals surface area contributed by atoms with E-state index in [1.54, 1.807) is 18.2 Å². The lowest BCUT2D eigenvalue weighted by atomic mass is 10.2. The van der Waals surface area contributed by atoms with Gasteiger partial charge >= 0.3 is 0 Å². The quantitative estimate of drug-likeness (QED) is 0.685. The van der Waals surface area contributed by atoms with Gasteiger partial charge in [0.25, 0.3) is 5.91 Å². The van der Waals surface area contributed by atoms with Crippen molar-refractivity contribution in [3.8, 4) is 6.07 Å². The third-order valence-corrected chi connectivity index (χ3v) is 2.95. The van der Waals surface area contributed by atoms with E-state index in [9.17, 15) is 4.79 Å². The first kappa shape index (κ1) is 14.1. The van der Waals surface area contributed by atoms with E-state index < -0.39 is 5.91 Å². The average molecular weight is 331 g/mol. The third kappa shape index (κ3) is 3.59. The van der Waals surface area contributed by atoms with E-state index in [4.69, 9.17) is 9.68 Å². The van der Waals surface area contributed by atoms with E-state index in [0.29, 0.717) is 16.1 Å². The molecule has 0 unspecified atom stereocenters. The van der Waals surface area contributed by atoms with E-state index in [-0.39, 0.29) is 5.57 Å². The smallest absolute Gasteiger partial charge is 0.266 e. The standard InChI is InChI=1S/C15H11BrN2O2/c1-10-3-2-4-12(7-10)18-15(19)11(9-17)8-13-5-6-14(16)20-13/h2-8H,1H3,(H,18,19)/b11-8-. The van der Waals surface area contributed by atoms with Gasteiger partial charge in [0.05, 0.1) is 0 Å². The molecule has 1 aromatic carbocycles. The molecule has 1 heterocycles. The Morgan fingerprint density at radius 3 is 2.80 bits per heavy atom. The normalized spacial score (nSPS) is 10.9. The van der Waals surface area contributed by atoms with E-state index >= 15 is 0 Å². The van der Waals surface area contributed by atoms with Crippen molar-refractivity contribution < 1.29 is 9.21 Å². The molecule has 1 N–H and O–H groups in total. The lowest BCUT2D eigenvalue weighted by Gasteiger charge is -2.04. The van der Waals surface area contributed by atoms with Gasteiger partial charge in [-0.05, 0) is 52.7 Å². The molecule has 4 nitrogen and oxygen atoms in total. The number of anilines is 1. The molecule has 0 aliphatic heterocycles. The number of halogens is 1. The monoisotopic (exact) mass is 330 g/mol. The number of nitrogens with zero attached hydrogens (tertiary/aromatic N) is 1. The molecule has 0 fully saturated rings. The van der Waals surface area contributed by atoms with Gasteiger partial charge in [0, 0.05) is 11.8 Å². The number of amides is 1. The molecule has 0 spiro atoms. The largest absolute Gasteiger partial charge is 0.450 e. The Morgan fingerprint density at radius 2 is 2.20 bits per heavy atom. The van der Waals surface area contributed by atoms with Crippen LogP contribution in [-0.4, -0.2) is 5.91 Å². The Bertz CT molecular complexity index is 711. The van der Waals surface area contributed by atoms with Crippen molar-refractivity contribution >= 4 is 33.6 Å². The summed E-state index contributed by atoms with van der Waals surface area (Å²) in [6.07, 6.45) is 1.40. The Morgan fingerprint density at radius 1 is 1.40 bits per heavy atom. The van der Waals surface area contributed by atoms with Crippen molar-refractivity contribution in [2.24, 2.45) is 0 Å². The number of hydrogen-bond donors (Lipinski definition) is 1. The van der Waals surface area contributed by atoms with Crippen molar-refractivity contribution in [1.82, 2.24) is 0 Å². The highest BCUT2D eigenvalue weighted by atomic mass is 79.9. The van der Waals surface area contributed by atoms with Crippen LogP contribution in [0.1, 0.15) is 11.3 Å². The van der Waals surface area contributed by atoms with Crippen LogP contribution in [-0.2, 0) is 4.79 Å². The molecule has 5 heteroatoms. The Balaban J connectivity index is 2.18. The molecule has 0 atom stereocenters. The first-order chi connectivity index (χ1) is 9.58. The zero-order chi connectivity index (χ0) is 14.5. The van der Waals surface area contributed by atoms with Crippen LogP contribution in [0.4, 0.5) is 5.69 Å². The first-order valence-electron chi connectivity index (χ1n) is 5.83. The van der Waals surface area contributed by atoms with Gasteiger partial charge in [0.1, 0.15) is 17.4 Å². The summed E-state index contributed by atoms with van der Waals surface area (Å²) < 4.78 is 5.79. The second kappa shape index (κ2) is 6.22. The number of rotatable bonds is 3. The molecular formula is C15H11BrN2O2. The summed E-state index contributed by atoms with van der Waals surface area (Å²) >= 11 is 3.16. The van der Waals surface area contributed by atoms with E-state index in [1.165, 1.54) is 6.08 Å². The molecule has 1 aromatic heterocycles. The Hall–Kier alpha value is -2.32. The fourth-order valence-corrected chi connectivity index (χ4v) is 1.94. The van der Waals surface area contributed by atoms with Gasteiger partial charge in [-0.3, -0.25) is 4.79 Å². The third-order valence-electron chi connectivity index (χ3n) is 2.52. The molecule has 0 aliphatic rings. The molecule has 0 saturated carbocycles. The van der Waals surface area contributed by atoms with Gasteiger partial charge in [-0.15, -0.1) is 0 Å². The number of carbonyl (C=O) groups is 1. The molecular weight excluding hydrogens is 320 g/mol. The van der Waals surface area contributed by atoms with Crippen molar-refractivity contribution in [3.05, 3.63) is 58.0 Å². The van der Waals surface area contributed by atoms with Crippen LogP contribution < -0.4 is 5.32 Å². The van der Waals surface area contributed by atoms with Gasteiger partial charge in [-0.2, -0.15) is 5.26 Å². The fourth-order valence-electron chi connectivity index (χ4n) is 1.62. The van der Waals surface area contributed by atoms with E-state index in [0.717, 1.165) is 5.56 Å². The van der Waals surface area contributed by atoms with Crippen LogP contribution in [0, 0.1) is 18.3 Å². The molecule has 0 saturated heterocycles. The summed E-state index contributed by atoms with van der Waals surface area (Å²) in [6.45, 7) is 1.93. The molecule has 0 aliphatic carbocycles. The second-order valence-corrected chi connectivity index (χ2v) is 4.92. The summed E-state index contributed by atoms with van der Waals surface area (Å²) in [7, 11) is 0. The SMILES string of the molecule is Cc1cccc(NC(=O)/C(C#N)=C\c2ccc(Br)o2)c1. The lowest BCUT2D eigenvalue weighted by Crippen LogP contribution is -2.13. The highest BCUT2D eigenvalue weighted by Crippen LogP contribution is 2.17. The minimum atomic E-state index is -0.467. The summed E-state index contributed by atoms with van der Waals surface area (Å²) in [6, 6.07) is 12.6. The predicted molar refractivity (Wildman–Crippen MR) is 79.8 cm³/mol. The maximum Gasteiger partial charge on any atom is 0.266 e. The maximum atomic E-state index is 12.0. The minimum absolute atomic E-state index is 0.0200.